The first-order valence-corrected chi connectivity index (χ1v) is 6.51. The van der Waals surface area contributed by atoms with Gasteiger partial charge >= 0.3 is 0 Å². The second-order valence-corrected chi connectivity index (χ2v) is 5.33. The van der Waals surface area contributed by atoms with Gasteiger partial charge in [0.15, 0.2) is 0 Å². The van der Waals surface area contributed by atoms with Crippen LogP contribution in [0.4, 0.5) is 8.78 Å². The largest absolute Gasteiger partial charge is 0.375 e. The third kappa shape index (κ3) is 2.78. The van der Waals surface area contributed by atoms with Crippen molar-refractivity contribution in [3.8, 4) is 0 Å². The molecule has 1 heterocycles. The van der Waals surface area contributed by atoms with Gasteiger partial charge in [0.25, 0.3) is 0 Å². The summed E-state index contributed by atoms with van der Waals surface area (Å²) in [6.07, 6.45) is 0.0895. The topological polar surface area (TPSA) is 47.3 Å². The van der Waals surface area contributed by atoms with Gasteiger partial charge in [-0.15, -0.1) is 0 Å². The minimum absolute atomic E-state index is 0.0163. The van der Waals surface area contributed by atoms with Crippen LogP contribution in [0.1, 0.15) is 32.4 Å². The molecule has 5 heteroatoms. The minimum Gasteiger partial charge on any atom is -0.375 e. The number of nitrogens with two attached hydrogens (primary N) is 1. The number of rotatable bonds is 3. The summed E-state index contributed by atoms with van der Waals surface area (Å²) in [6.45, 7) is 6.03. The van der Waals surface area contributed by atoms with Gasteiger partial charge in [0.1, 0.15) is 11.6 Å². The van der Waals surface area contributed by atoms with Crippen molar-refractivity contribution in [3.05, 3.63) is 35.4 Å². The molecule has 1 saturated heterocycles. The Morgan fingerprint density at radius 2 is 1.68 bits per heavy atom. The van der Waals surface area contributed by atoms with Crippen molar-refractivity contribution in [1.82, 2.24) is 5.43 Å². The van der Waals surface area contributed by atoms with Crippen molar-refractivity contribution >= 4 is 0 Å². The summed E-state index contributed by atoms with van der Waals surface area (Å²) < 4.78 is 32.5. The summed E-state index contributed by atoms with van der Waals surface area (Å²) in [5, 5.41) is 0. The second-order valence-electron chi connectivity index (χ2n) is 5.33. The van der Waals surface area contributed by atoms with E-state index in [-0.39, 0.29) is 30.1 Å². The minimum atomic E-state index is -0.595. The summed E-state index contributed by atoms with van der Waals surface area (Å²) >= 11 is 0. The Morgan fingerprint density at radius 1 is 1.11 bits per heavy atom. The maximum Gasteiger partial charge on any atom is 0.126 e. The molecule has 1 aliphatic rings. The van der Waals surface area contributed by atoms with E-state index in [9.17, 15) is 8.78 Å². The Bertz CT molecular complexity index is 435. The van der Waals surface area contributed by atoms with Crippen LogP contribution in [-0.4, -0.2) is 12.2 Å². The van der Waals surface area contributed by atoms with Crippen LogP contribution in [0.15, 0.2) is 18.2 Å². The van der Waals surface area contributed by atoms with Crippen molar-refractivity contribution < 1.29 is 13.5 Å². The van der Waals surface area contributed by atoms with E-state index in [0.717, 1.165) is 6.07 Å². The predicted molar refractivity (Wildman–Crippen MR) is 69.1 cm³/mol. The van der Waals surface area contributed by atoms with Gasteiger partial charge in [0.05, 0.1) is 18.2 Å². The van der Waals surface area contributed by atoms with E-state index in [4.69, 9.17) is 10.6 Å². The molecule has 0 aliphatic carbocycles. The number of halogens is 2. The molecule has 0 amide bonds. The van der Waals surface area contributed by atoms with Crippen molar-refractivity contribution in [3.63, 3.8) is 0 Å². The summed E-state index contributed by atoms with van der Waals surface area (Å²) in [5.41, 5.74) is 3.20. The lowest BCUT2D eigenvalue weighted by molar-refractivity contribution is 0.0474. The van der Waals surface area contributed by atoms with Crippen molar-refractivity contribution in [2.75, 3.05) is 0 Å². The molecule has 2 rings (SSSR count). The molecule has 0 spiro atoms. The van der Waals surface area contributed by atoms with Crippen LogP contribution in [0.25, 0.3) is 0 Å². The lowest BCUT2D eigenvalue weighted by Gasteiger charge is -2.28. The first kappa shape index (κ1) is 14.4. The molecule has 19 heavy (non-hydrogen) atoms. The number of nitrogens with one attached hydrogen (secondary N) is 1. The average Bonchev–Trinajstić information content (AvgIpc) is 2.56. The average molecular weight is 270 g/mol. The van der Waals surface area contributed by atoms with E-state index >= 15 is 0 Å². The standard InChI is InChI=1S/C14H20F2N2O/c1-7-8(2)19-9(3)13(7)14(18-17)10-4-11(15)6-12(16)5-10/h4-9,13-14,18H,17H2,1-3H3. The Balaban J connectivity index is 2.34. The van der Waals surface area contributed by atoms with E-state index in [2.05, 4.69) is 12.3 Å². The van der Waals surface area contributed by atoms with Gasteiger partial charge in [-0.3, -0.25) is 11.3 Å². The highest BCUT2D eigenvalue weighted by Crippen LogP contribution is 2.40. The van der Waals surface area contributed by atoms with Crippen LogP contribution in [-0.2, 0) is 4.74 Å². The lowest BCUT2D eigenvalue weighted by Crippen LogP contribution is -2.38. The van der Waals surface area contributed by atoms with E-state index < -0.39 is 11.6 Å². The number of hydrogen-bond acceptors (Lipinski definition) is 3. The van der Waals surface area contributed by atoms with Gasteiger partial charge in [-0.05, 0) is 37.5 Å². The molecule has 0 aromatic heterocycles. The predicted octanol–water partition coefficient (Wildman–Crippen LogP) is 2.53. The molecule has 0 saturated carbocycles. The van der Waals surface area contributed by atoms with Crippen molar-refractivity contribution in [1.29, 1.82) is 0 Å². The number of ether oxygens (including phenoxy) is 1. The van der Waals surface area contributed by atoms with Crippen LogP contribution in [0, 0.1) is 23.5 Å². The fourth-order valence-corrected chi connectivity index (χ4v) is 3.05. The highest BCUT2D eigenvalue weighted by Gasteiger charge is 2.42. The molecular formula is C14H20F2N2O. The van der Waals surface area contributed by atoms with Gasteiger partial charge in [0, 0.05) is 12.0 Å². The summed E-state index contributed by atoms with van der Waals surface area (Å²) in [5.74, 6) is 4.74. The van der Waals surface area contributed by atoms with Gasteiger partial charge < -0.3 is 4.74 Å². The molecule has 5 atom stereocenters. The lowest BCUT2D eigenvalue weighted by atomic mass is 9.81. The van der Waals surface area contributed by atoms with Gasteiger partial charge in [-0.2, -0.15) is 0 Å². The molecule has 3 N–H and O–H groups in total. The monoisotopic (exact) mass is 270 g/mol. The van der Waals surface area contributed by atoms with Crippen LogP contribution < -0.4 is 11.3 Å². The van der Waals surface area contributed by atoms with Crippen molar-refractivity contribution in [2.45, 2.75) is 39.0 Å². The Hall–Kier alpha value is -1.04. The fourth-order valence-electron chi connectivity index (χ4n) is 3.05. The van der Waals surface area contributed by atoms with Crippen LogP contribution in [0.2, 0.25) is 0 Å². The first-order valence-electron chi connectivity index (χ1n) is 6.51. The highest BCUT2D eigenvalue weighted by molar-refractivity contribution is 5.23. The Morgan fingerprint density at radius 3 is 2.11 bits per heavy atom. The molecule has 1 aliphatic heterocycles. The first-order chi connectivity index (χ1) is 8.93. The maximum atomic E-state index is 13.3. The fraction of sp³-hybridized carbons (Fsp3) is 0.571. The zero-order chi connectivity index (χ0) is 14.2. The molecule has 1 aromatic rings. The number of hydrazine groups is 1. The van der Waals surface area contributed by atoms with E-state index in [1.807, 2.05) is 13.8 Å². The molecule has 5 unspecified atom stereocenters. The van der Waals surface area contributed by atoms with Crippen LogP contribution in [0.5, 0.6) is 0 Å². The smallest absolute Gasteiger partial charge is 0.126 e. The molecule has 0 radical (unpaired) electrons. The van der Waals surface area contributed by atoms with Gasteiger partial charge in [0.2, 0.25) is 0 Å². The Labute approximate surface area is 112 Å². The second kappa shape index (κ2) is 5.53. The molecule has 106 valence electrons. The summed E-state index contributed by atoms with van der Waals surface area (Å²) in [4.78, 5) is 0. The van der Waals surface area contributed by atoms with E-state index in [0.29, 0.717) is 5.56 Å². The third-order valence-electron chi connectivity index (χ3n) is 4.13. The van der Waals surface area contributed by atoms with Crippen molar-refractivity contribution in [2.24, 2.45) is 17.7 Å². The zero-order valence-corrected chi connectivity index (χ0v) is 11.4. The summed E-state index contributed by atoms with van der Waals surface area (Å²) in [6, 6.07) is 3.16. The van der Waals surface area contributed by atoms with Crippen LogP contribution in [0.3, 0.4) is 0 Å². The highest BCUT2D eigenvalue weighted by atomic mass is 19.1. The summed E-state index contributed by atoms with van der Waals surface area (Å²) in [7, 11) is 0. The van der Waals surface area contributed by atoms with Crippen LogP contribution >= 0.6 is 0 Å². The van der Waals surface area contributed by atoms with Gasteiger partial charge in [-0.1, -0.05) is 6.92 Å². The molecule has 0 bridgehead atoms. The molecule has 3 nitrogen and oxygen atoms in total. The number of benzene rings is 1. The zero-order valence-electron chi connectivity index (χ0n) is 11.4. The third-order valence-corrected chi connectivity index (χ3v) is 4.13. The normalized spacial score (nSPS) is 32.5. The number of hydrogen-bond donors (Lipinski definition) is 2. The molecule has 1 aromatic carbocycles. The van der Waals surface area contributed by atoms with Gasteiger partial charge in [-0.25, -0.2) is 8.78 Å². The van der Waals surface area contributed by atoms with E-state index in [1.54, 1.807) is 0 Å². The SMILES string of the molecule is CC1OC(C)C(C(NN)c2cc(F)cc(F)c2)C1C. The maximum absolute atomic E-state index is 13.3. The Kier molecular flexibility index (Phi) is 4.18. The quantitative estimate of drug-likeness (QED) is 0.655. The van der Waals surface area contributed by atoms with E-state index in [1.165, 1.54) is 12.1 Å². The molecular weight excluding hydrogens is 250 g/mol. The molecule has 1 fully saturated rings.